The summed E-state index contributed by atoms with van der Waals surface area (Å²) in [6, 6.07) is 0. The van der Waals surface area contributed by atoms with Crippen molar-refractivity contribution in [1.29, 1.82) is 0 Å². The lowest BCUT2D eigenvalue weighted by molar-refractivity contribution is -0.131. The number of ketones is 1. The average Bonchev–Trinajstić information content (AvgIpc) is 2.91. The highest BCUT2D eigenvalue weighted by molar-refractivity contribution is 5.79. The largest absolute Gasteiger partial charge is 0.390 e. The number of Topliss-reactive ketones (excluding diaryl/α,β-unsaturated/α-hetero) is 1. The fraction of sp³-hybridized carbons (Fsp3) is 0.955. The van der Waals surface area contributed by atoms with Gasteiger partial charge in [-0.1, -0.05) is 13.8 Å². The summed E-state index contributed by atoms with van der Waals surface area (Å²) in [6.07, 6.45) is 12.0. The predicted octanol–water partition coefficient (Wildman–Crippen LogP) is 4.99. The average molecular weight is 333 g/mol. The van der Waals surface area contributed by atoms with Gasteiger partial charge >= 0.3 is 0 Å². The van der Waals surface area contributed by atoms with E-state index in [4.69, 9.17) is 0 Å². The van der Waals surface area contributed by atoms with Crippen molar-refractivity contribution in [2.45, 2.75) is 90.6 Å². The maximum absolute atomic E-state index is 12.2. The quantitative estimate of drug-likeness (QED) is 0.774. The van der Waals surface area contributed by atoms with Crippen LogP contribution in [0.1, 0.15) is 85.0 Å². The van der Waals surface area contributed by atoms with E-state index < -0.39 is 0 Å². The molecule has 24 heavy (non-hydrogen) atoms. The molecule has 0 saturated heterocycles. The minimum absolute atomic E-state index is 0.290. The van der Waals surface area contributed by atoms with Crippen molar-refractivity contribution in [3.8, 4) is 0 Å². The molecule has 2 heteroatoms. The molecule has 0 radical (unpaired) electrons. The summed E-state index contributed by atoms with van der Waals surface area (Å²) in [5.41, 5.74) is -0.0804. The molecule has 0 spiro atoms. The Balaban J connectivity index is 1.54. The molecular formula is C22H36O2. The second kappa shape index (κ2) is 5.83. The summed E-state index contributed by atoms with van der Waals surface area (Å²) in [4.78, 5) is 12.2. The molecule has 4 aliphatic carbocycles. The fourth-order valence-electron chi connectivity index (χ4n) is 7.95. The van der Waals surface area contributed by atoms with Crippen LogP contribution < -0.4 is 0 Å². The third-order valence-corrected chi connectivity index (χ3v) is 9.25. The van der Waals surface area contributed by atoms with Crippen molar-refractivity contribution in [2.75, 3.05) is 0 Å². The maximum Gasteiger partial charge on any atom is 0.133 e. The third kappa shape index (κ3) is 2.42. The van der Waals surface area contributed by atoms with Gasteiger partial charge in [-0.05, 0) is 106 Å². The normalized spacial score (nSPS) is 53.8. The zero-order valence-electron chi connectivity index (χ0n) is 15.9. The topological polar surface area (TPSA) is 37.3 Å². The first-order chi connectivity index (χ1) is 11.4. The molecule has 0 aliphatic heterocycles. The van der Waals surface area contributed by atoms with Crippen molar-refractivity contribution in [3.63, 3.8) is 0 Å². The minimum atomic E-state index is -0.371. The Kier molecular flexibility index (Phi) is 4.14. The number of carbonyl (C=O) groups excluding carboxylic acids is 1. The summed E-state index contributed by atoms with van der Waals surface area (Å²) >= 11 is 0. The molecule has 1 N–H and O–H groups in total. The first kappa shape index (κ1) is 17.1. The van der Waals surface area contributed by atoms with Gasteiger partial charge in [0.2, 0.25) is 0 Å². The predicted molar refractivity (Wildman–Crippen MR) is 96.5 cm³/mol. The van der Waals surface area contributed by atoms with E-state index in [1.807, 2.05) is 6.92 Å². The molecule has 4 aliphatic rings. The van der Waals surface area contributed by atoms with E-state index in [0.717, 1.165) is 55.3 Å². The molecule has 4 saturated carbocycles. The van der Waals surface area contributed by atoms with Crippen molar-refractivity contribution in [3.05, 3.63) is 0 Å². The monoisotopic (exact) mass is 332 g/mol. The summed E-state index contributed by atoms with van der Waals surface area (Å²) in [5.74, 6) is 4.93. The van der Waals surface area contributed by atoms with Gasteiger partial charge in [0.25, 0.3) is 0 Å². The molecule has 136 valence electrons. The van der Waals surface area contributed by atoms with E-state index in [0.29, 0.717) is 17.1 Å². The lowest BCUT2D eigenvalue weighted by Gasteiger charge is -2.57. The molecule has 2 nitrogen and oxygen atoms in total. The standard InChI is InChI=1S/C22H36O2/c1-4-22(24)12-10-16-15(13-22)5-6-18-17(16)9-11-21(3)19(14(2)23)7-8-20(18)21/h15-20,24H,4-13H2,1-3H3/t15-,16?,17+,18?,19+,20-,21+,22+/m0/s1. The van der Waals surface area contributed by atoms with Gasteiger partial charge in [0.15, 0.2) is 0 Å². The van der Waals surface area contributed by atoms with Gasteiger partial charge in [0.1, 0.15) is 5.78 Å². The molecule has 0 heterocycles. The van der Waals surface area contributed by atoms with Gasteiger partial charge in [0.05, 0.1) is 5.60 Å². The van der Waals surface area contributed by atoms with Crippen LogP contribution in [0.4, 0.5) is 0 Å². The number of hydrogen-bond acceptors (Lipinski definition) is 2. The highest BCUT2D eigenvalue weighted by atomic mass is 16.3. The fourth-order valence-corrected chi connectivity index (χ4v) is 7.95. The maximum atomic E-state index is 12.2. The highest BCUT2D eigenvalue weighted by Gasteiger charge is 2.58. The smallest absolute Gasteiger partial charge is 0.133 e. The van der Waals surface area contributed by atoms with Crippen LogP contribution in [-0.2, 0) is 4.79 Å². The summed E-state index contributed by atoms with van der Waals surface area (Å²) < 4.78 is 0. The molecule has 0 aromatic rings. The van der Waals surface area contributed by atoms with E-state index in [1.165, 1.54) is 38.5 Å². The number of rotatable bonds is 2. The zero-order valence-corrected chi connectivity index (χ0v) is 15.9. The lowest BCUT2D eigenvalue weighted by Crippen LogP contribution is -2.51. The van der Waals surface area contributed by atoms with Crippen LogP contribution in [0, 0.1) is 40.9 Å². The van der Waals surface area contributed by atoms with Crippen LogP contribution in [0.5, 0.6) is 0 Å². The van der Waals surface area contributed by atoms with Gasteiger partial charge in [-0.25, -0.2) is 0 Å². The molecule has 2 unspecified atom stereocenters. The number of hydrogen-bond donors (Lipinski definition) is 1. The van der Waals surface area contributed by atoms with Gasteiger partial charge < -0.3 is 5.11 Å². The molecule has 0 bridgehead atoms. The molecule has 4 rings (SSSR count). The van der Waals surface area contributed by atoms with Crippen LogP contribution in [0.3, 0.4) is 0 Å². The Morgan fingerprint density at radius 1 is 1.00 bits per heavy atom. The molecule has 8 atom stereocenters. The first-order valence-electron chi connectivity index (χ1n) is 10.6. The Morgan fingerprint density at radius 3 is 2.46 bits per heavy atom. The second-order valence-corrected chi connectivity index (χ2v) is 10.0. The van der Waals surface area contributed by atoms with Crippen molar-refractivity contribution in [1.82, 2.24) is 0 Å². The summed E-state index contributed by atoms with van der Waals surface area (Å²) in [6.45, 7) is 6.42. The van der Waals surface area contributed by atoms with E-state index >= 15 is 0 Å². The zero-order chi connectivity index (χ0) is 17.1. The minimum Gasteiger partial charge on any atom is -0.390 e. The second-order valence-electron chi connectivity index (χ2n) is 10.0. The molecular weight excluding hydrogens is 296 g/mol. The molecule has 0 aromatic carbocycles. The van der Waals surface area contributed by atoms with Crippen LogP contribution in [-0.4, -0.2) is 16.5 Å². The van der Waals surface area contributed by atoms with E-state index in [-0.39, 0.29) is 5.60 Å². The Hall–Kier alpha value is -0.370. The van der Waals surface area contributed by atoms with Gasteiger partial charge in [-0.2, -0.15) is 0 Å². The molecule has 4 fully saturated rings. The summed E-state index contributed by atoms with van der Waals surface area (Å²) in [7, 11) is 0. The third-order valence-electron chi connectivity index (χ3n) is 9.25. The van der Waals surface area contributed by atoms with Crippen molar-refractivity contribution in [2.24, 2.45) is 40.9 Å². The van der Waals surface area contributed by atoms with Crippen LogP contribution >= 0.6 is 0 Å². The van der Waals surface area contributed by atoms with Crippen molar-refractivity contribution >= 4 is 5.78 Å². The number of carbonyl (C=O) groups is 1. The first-order valence-corrected chi connectivity index (χ1v) is 10.6. The van der Waals surface area contributed by atoms with Gasteiger partial charge in [-0.3, -0.25) is 4.79 Å². The van der Waals surface area contributed by atoms with Gasteiger partial charge in [-0.15, -0.1) is 0 Å². The Bertz CT molecular complexity index is 514. The Morgan fingerprint density at radius 2 is 1.75 bits per heavy atom. The molecule has 0 aromatic heterocycles. The Labute approximate surface area is 147 Å². The van der Waals surface area contributed by atoms with E-state index in [1.54, 1.807) is 0 Å². The van der Waals surface area contributed by atoms with Crippen molar-refractivity contribution < 1.29 is 9.90 Å². The number of fused-ring (bicyclic) bond motifs is 5. The lowest BCUT2D eigenvalue weighted by atomic mass is 9.48. The van der Waals surface area contributed by atoms with Crippen LogP contribution in [0.2, 0.25) is 0 Å². The van der Waals surface area contributed by atoms with E-state index in [9.17, 15) is 9.90 Å². The van der Waals surface area contributed by atoms with Crippen LogP contribution in [0.25, 0.3) is 0 Å². The van der Waals surface area contributed by atoms with E-state index in [2.05, 4.69) is 13.8 Å². The highest BCUT2D eigenvalue weighted by Crippen LogP contribution is 2.64. The SMILES string of the molecule is CC[C@@]1(O)CCC2[C@@H](CCC3[C@@H]2CC[C@]2(C)[C@@H](C(C)=O)CC[C@@H]32)C1. The molecule has 0 amide bonds. The van der Waals surface area contributed by atoms with Gasteiger partial charge in [0, 0.05) is 5.92 Å². The summed E-state index contributed by atoms with van der Waals surface area (Å²) in [5, 5.41) is 10.8. The number of aliphatic hydroxyl groups is 1. The van der Waals surface area contributed by atoms with Crippen LogP contribution in [0.15, 0.2) is 0 Å².